The SMILES string of the molecule is CC(C)c1cccc(OCCN(C)C(=O)C(C)(C)CCl)c1. The van der Waals surface area contributed by atoms with Crippen molar-refractivity contribution < 1.29 is 9.53 Å². The van der Waals surface area contributed by atoms with Crippen molar-refractivity contribution in [1.29, 1.82) is 0 Å². The molecule has 0 fully saturated rings. The molecule has 0 aromatic heterocycles. The zero-order valence-electron chi connectivity index (χ0n) is 13.6. The van der Waals surface area contributed by atoms with E-state index in [2.05, 4.69) is 26.0 Å². The molecule has 0 saturated carbocycles. The summed E-state index contributed by atoms with van der Waals surface area (Å²) in [6.07, 6.45) is 0. The summed E-state index contributed by atoms with van der Waals surface area (Å²) >= 11 is 5.83. The minimum absolute atomic E-state index is 0.0389. The Balaban J connectivity index is 2.50. The molecule has 0 unspecified atom stereocenters. The van der Waals surface area contributed by atoms with E-state index in [0.29, 0.717) is 24.9 Å². The monoisotopic (exact) mass is 311 g/mol. The van der Waals surface area contributed by atoms with Crippen molar-refractivity contribution in [3.63, 3.8) is 0 Å². The van der Waals surface area contributed by atoms with Crippen molar-refractivity contribution in [3.8, 4) is 5.75 Å². The van der Waals surface area contributed by atoms with Crippen LogP contribution in [0.5, 0.6) is 5.75 Å². The Kier molecular flexibility index (Phi) is 6.53. The maximum Gasteiger partial charge on any atom is 0.229 e. The Morgan fingerprint density at radius 3 is 2.62 bits per heavy atom. The first-order valence-electron chi connectivity index (χ1n) is 7.32. The van der Waals surface area contributed by atoms with Crippen molar-refractivity contribution in [1.82, 2.24) is 4.90 Å². The van der Waals surface area contributed by atoms with Crippen molar-refractivity contribution in [2.24, 2.45) is 5.41 Å². The molecule has 0 aliphatic carbocycles. The van der Waals surface area contributed by atoms with E-state index < -0.39 is 5.41 Å². The van der Waals surface area contributed by atoms with Gasteiger partial charge in [-0.1, -0.05) is 26.0 Å². The Bertz CT molecular complexity index is 472. The van der Waals surface area contributed by atoms with Gasteiger partial charge in [-0.15, -0.1) is 11.6 Å². The molecule has 3 nitrogen and oxygen atoms in total. The van der Waals surface area contributed by atoms with Crippen molar-refractivity contribution in [2.75, 3.05) is 26.1 Å². The molecule has 0 aliphatic heterocycles. The van der Waals surface area contributed by atoms with Gasteiger partial charge in [0, 0.05) is 12.9 Å². The molecule has 1 amide bonds. The second-order valence-electron chi connectivity index (χ2n) is 6.32. The average Bonchev–Trinajstić information content (AvgIpc) is 2.46. The number of hydrogen-bond acceptors (Lipinski definition) is 2. The van der Waals surface area contributed by atoms with E-state index in [-0.39, 0.29) is 5.91 Å². The second-order valence-corrected chi connectivity index (χ2v) is 6.59. The number of hydrogen-bond donors (Lipinski definition) is 0. The van der Waals surface area contributed by atoms with Crippen LogP contribution in [0.3, 0.4) is 0 Å². The minimum atomic E-state index is -0.534. The average molecular weight is 312 g/mol. The summed E-state index contributed by atoms with van der Waals surface area (Å²) in [5, 5.41) is 0. The molecular weight excluding hydrogens is 286 g/mol. The van der Waals surface area contributed by atoms with Gasteiger partial charge < -0.3 is 9.64 Å². The fourth-order valence-electron chi connectivity index (χ4n) is 1.94. The summed E-state index contributed by atoms with van der Waals surface area (Å²) in [7, 11) is 1.78. The first-order valence-corrected chi connectivity index (χ1v) is 7.85. The van der Waals surface area contributed by atoms with Gasteiger partial charge in [0.1, 0.15) is 12.4 Å². The number of carbonyl (C=O) groups excluding carboxylic acids is 1. The molecule has 0 radical (unpaired) electrons. The van der Waals surface area contributed by atoms with Crippen LogP contribution < -0.4 is 4.74 Å². The molecule has 118 valence electrons. The largest absolute Gasteiger partial charge is 0.492 e. The normalized spacial score (nSPS) is 11.6. The summed E-state index contributed by atoms with van der Waals surface area (Å²) in [4.78, 5) is 13.8. The molecule has 1 aromatic carbocycles. The van der Waals surface area contributed by atoms with Gasteiger partial charge in [0.2, 0.25) is 5.91 Å². The van der Waals surface area contributed by atoms with Gasteiger partial charge in [-0.05, 0) is 37.5 Å². The number of benzene rings is 1. The number of ether oxygens (including phenoxy) is 1. The highest BCUT2D eigenvalue weighted by molar-refractivity contribution is 6.19. The van der Waals surface area contributed by atoms with Crippen molar-refractivity contribution >= 4 is 17.5 Å². The van der Waals surface area contributed by atoms with E-state index in [0.717, 1.165) is 5.75 Å². The fraction of sp³-hybridized carbons (Fsp3) is 0.588. The molecule has 1 aromatic rings. The smallest absolute Gasteiger partial charge is 0.229 e. The third-order valence-corrected chi connectivity index (χ3v) is 4.15. The summed E-state index contributed by atoms with van der Waals surface area (Å²) < 4.78 is 5.74. The number of amides is 1. The predicted molar refractivity (Wildman–Crippen MR) is 88.2 cm³/mol. The minimum Gasteiger partial charge on any atom is -0.492 e. The molecular formula is C17H26ClNO2. The van der Waals surface area contributed by atoms with Crippen LogP contribution in [0.4, 0.5) is 0 Å². The molecule has 0 bridgehead atoms. The highest BCUT2D eigenvalue weighted by Gasteiger charge is 2.29. The van der Waals surface area contributed by atoms with Crippen LogP contribution in [0.25, 0.3) is 0 Å². The van der Waals surface area contributed by atoms with Crippen LogP contribution in [0.2, 0.25) is 0 Å². The molecule has 0 N–H and O–H groups in total. The summed E-state index contributed by atoms with van der Waals surface area (Å²) in [5.74, 6) is 1.67. The van der Waals surface area contributed by atoms with Crippen molar-refractivity contribution in [2.45, 2.75) is 33.6 Å². The predicted octanol–water partition coefficient (Wildman–Crippen LogP) is 3.91. The van der Waals surface area contributed by atoms with Gasteiger partial charge >= 0.3 is 0 Å². The van der Waals surface area contributed by atoms with E-state index in [9.17, 15) is 4.79 Å². The molecule has 0 aliphatic rings. The van der Waals surface area contributed by atoms with Gasteiger partial charge in [0.15, 0.2) is 0 Å². The highest BCUT2D eigenvalue weighted by atomic mass is 35.5. The Morgan fingerprint density at radius 2 is 2.05 bits per heavy atom. The van der Waals surface area contributed by atoms with E-state index in [4.69, 9.17) is 16.3 Å². The zero-order chi connectivity index (χ0) is 16.0. The van der Waals surface area contributed by atoms with Crippen LogP contribution in [-0.2, 0) is 4.79 Å². The third kappa shape index (κ3) is 5.24. The van der Waals surface area contributed by atoms with Crippen LogP contribution >= 0.6 is 11.6 Å². The first kappa shape index (κ1) is 17.8. The lowest BCUT2D eigenvalue weighted by Gasteiger charge is -2.27. The summed E-state index contributed by atoms with van der Waals surface area (Å²) in [6, 6.07) is 8.08. The molecule has 0 spiro atoms. The molecule has 1 rings (SSSR count). The van der Waals surface area contributed by atoms with Gasteiger partial charge in [-0.25, -0.2) is 0 Å². The lowest BCUT2D eigenvalue weighted by Crippen LogP contribution is -2.41. The number of rotatable bonds is 7. The van der Waals surface area contributed by atoms with Crippen LogP contribution in [0, 0.1) is 5.41 Å². The number of halogens is 1. The maximum atomic E-state index is 12.2. The standard InChI is InChI=1S/C17H26ClNO2/c1-13(2)14-7-6-8-15(11-14)21-10-9-19(5)16(20)17(3,4)12-18/h6-8,11,13H,9-10,12H2,1-5H3. The summed E-state index contributed by atoms with van der Waals surface area (Å²) in [5.41, 5.74) is 0.716. The van der Waals surface area contributed by atoms with Gasteiger partial charge in [-0.3, -0.25) is 4.79 Å². The second kappa shape index (κ2) is 7.69. The van der Waals surface area contributed by atoms with Crippen LogP contribution in [-0.4, -0.2) is 36.9 Å². The number of likely N-dealkylation sites (N-methyl/N-ethyl adjacent to an activating group) is 1. The van der Waals surface area contributed by atoms with Crippen molar-refractivity contribution in [3.05, 3.63) is 29.8 Å². The lowest BCUT2D eigenvalue weighted by atomic mass is 9.94. The molecule has 0 atom stereocenters. The molecule has 0 saturated heterocycles. The van der Waals surface area contributed by atoms with E-state index in [1.807, 2.05) is 26.0 Å². The fourth-order valence-corrected chi connectivity index (χ4v) is 2.05. The topological polar surface area (TPSA) is 29.5 Å². The number of alkyl halides is 1. The van der Waals surface area contributed by atoms with Gasteiger partial charge in [-0.2, -0.15) is 0 Å². The Morgan fingerprint density at radius 1 is 1.38 bits per heavy atom. The maximum absolute atomic E-state index is 12.2. The van der Waals surface area contributed by atoms with E-state index >= 15 is 0 Å². The van der Waals surface area contributed by atoms with Crippen LogP contribution in [0.15, 0.2) is 24.3 Å². The number of carbonyl (C=O) groups is 1. The first-order chi connectivity index (χ1) is 9.77. The van der Waals surface area contributed by atoms with Crippen LogP contribution in [0.1, 0.15) is 39.2 Å². The Hall–Kier alpha value is -1.22. The molecule has 0 heterocycles. The quantitative estimate of drug-likeness (QED) is 0.714. The Labute approximate surface area is 133 Å². The van der Waals surface area contributed by atoms with Gasteiger partial charge in [0.05, 0.1) is 12.0 Å². The molecule has 4 heteroatoms. The van der Waals surface area contributed by atoms with E-state index in [1.165, 1.54) is 5.56 Å². The van der Waals surface area contributed by atoms with E-state index in [1.54, 1.807) is 11.9 Å². The summed E-state index contributed by atoms with van der Waals surface area (Å²) in [6.45, 7) is 9.03. The lowest BCUT2D eigenvalue weighted by molar-refractivity contribution is -0.138. The molecule has 21 heavy (non-hydrogen) atoms. The zero-order valence-corrected chi connectivity index (χ0v) is 14.4. The highest BCUT2D eigenvalue weighted by Crippen LogP contribution is 2.21. The third-order valence-electron chi connectivity index (χ3n) is 3.48. The number of nitrogens with zero attached hydrogens (tertiary/aromatic N) is 1. The van der Waals surface area contributed by atoms with Gasteiger partial charge in [0.25, 0.3) is 0 Å².